The van der Waals surface area contributed by atoms with Crippen LogP contribution in [0.3, 0.4) is 0 Å². The lowest BCUT2D eigenvalue weighted by Gasteiger charge is -2.34. The van der Waals surface area contributed by atoms with E-state index in [1.807, 2.05) is 18.5 Å². The summed E-state index contributed by atoms with van der Waals surface area (Å²) in [5.41, 5.74) is 2.81. The Labute approximate surface area is 132 Å². The molecule has 1 saturated heterocycles. The van der Waals surface area contributed by atoms with Crippen molar-refractivity contribution in [2.45, 2.75) is 26.3 Å². The van der Waals surface area contributed by atoms with Gasteiger partial charge in [0.15, 0.2) is 0 Å². The highest BCUT2D eigenvalue weighted by Gasteiger charge is 2.18. The third-order valence-corrected chi connectivity index (χ3v) is 4.26. The molecule has 116 valence electrons. The summed E-state index contributed by atoms with van der Waals surface area (Å²) >= 11 is 0. The Kier molecular flexibility index (Phi) is 4.68. The van der Waals surface area contributed by atoms with E-state index in [9.17, 15) is 0 Å². The van der Waals surface area contributed by atoms with Gasteiger partial charge in [0.1, 0.15) is 0 Å². The van der Waals surface area contributed by atoms with Crippen LogP contribution < -0.4 is 4.90 Å². The quantitative estimate of drug-likeness (QED) is 0.868. The monoisotopic (exact) mass is 296 g/mol. The Bertz CT molecular complexity index is 572. The number of aromatic nitrogens is 2. The van der Waals surface area contributed by atoms with Crippen LogP contribution in [-0.2, 0) is 6.54 Å². The van der Waals surface area contributed by atoms with Crippen LogP contribution in [0.15, 0.2) is 42.7 Å². The first-order valence-electron chi connectivity index (χ1n) is 8.05. The zero-order valence-corrected chi connectivity index (χ0v) is 13.4. The first kappa shape index (κ1) is 15.0. The molecule has 0 unspecified atom stereocenters. The summed E-state index contributed by atoms with van der Waals surface area (Å²) in [4.78, 5) is 13.4. The summed E-state index contributed by atoms with van der Waals surface area (Å²) in [7, 11) is 0. The van der Waals surface area contributed by atoms with Gasteiger partial charge < -0.3 is 4.90 Å². The van der Waals surface area contributed by atoms with Crippen molar-refractivity contribution < 1.29 is 0 Å². The second-order valence-electron chi connectivity index (χ2n) is 6.21. The Morgan fingerprint density at radius 3 is 2.18 bits per heavy atom. The summed E-state index contributed by atoms with van der Waals surface area (Å²) in [6.45, 7) is 9.61. The summed E-state index contributed by atoms with van der Waals surface area (Å²) in [6.07, 6.45) is 3.62. The van der Waals surface area contributed by atoms with Crippen LogP contribution >= 0.6 is 0 Å². The molecule has 22 heavy (non-hydrogen) atoms. The predicted molar refractivity (Wildman–Crippen MR) is 90.1 cm³/mol. The van der Waals surface area contributed by atoms with Gasteiger partial charge in [0.2, 0.25) is 5.95 Å². The zero-order valence-electron chi connectivity index (χ0n) is 13.4. The number of hydrogen-bond acceptors (Lipinski definition) is 4. The van der Waals surface area contributed by atoms with Crippen molar-refractivity contribution >= 4 is 5.95 Å². The molecule has 0 aliphatic carbocycles. The highest BCUT2D eigenvalue weighted by atomic mass is 15.3. The largest absolute Gasteiger partial charge is 0.338 e. The van der Waals surface area contributed by atoms with Crippen molar-refractivity contribution in [3.8, 4) is 0 Å². The van der Waals surface area contributed by atoms with Crippen molar-refractivity contribution in [1.29, 1.82) is 0 Å². The molecule has 4 nitrogen and oxygen atoms in total. The number of hydrogen-bond donors (Lipinski definition) is 0. The van der Waals surface area contributed by atoms with Crippen LogP contribution in [0.5, 0.6) is 0 Å². The van der Waals surface area contributed by atoms with E-state index in [1.165, 1.54) is 11.1 Å². The Balaban J connectivity index is 1.53. The topological polar surface area (TPSA) is 32.3 Å². The van der Waals surface area contributed by atoms with Crippen LogP contribution in [0.4, 0.5) is 5.95 Å². The van der Waals surface area contributed by atoms with Crippen LogP contribution in [0.2, 0.25) is 0 Å². The van der Waals surface area contributed by atoms with E-state index < -0.39 is 0 Å². The van der Waals surface area contributed by atoms with E-state index in [2.05, 4.69) is 57.9 Å². The van der Waals surface area contributed by atoms with Crippen LogP contribution in [0.25, 0.3) is 0 Å². The predicted octanol–water partition coefficient (Wildman–Crippen LogP) is 2.92. The molecule has 0 bridgehead atoms. The van der Waals surface area contributed by atoms with Crippen molar-refractivity contribution in [2.75, 3.05) is 31.1 Å². The number of piperazine rings is 1. The molecular weight excluding hydrogens is 272 g/mol. The SMILES string of the molecule is CC(C)c1ccc(CN2CCN(c3ncccn3)CC2)cc1. The molecule has 4 heteroatoms. The molecule has 0 atom stereocenters. The van der Waals surface area contributed by atoms with Gasteiger partial charge in [-0.1, -0.05) is 38.1 Å². The fourth-order valence-electron chi connectivity index (χ4n) is 2.83. The van der Waals surface area contributed by atoms with E-state index >= 15 is 0 Å². The third kappa shape index (κ3) is 3.63. The highest BCUT2D eigenvalue weighted by molar-refractivity contribution is 5.29. The standard InChI is InChI=1S/C18H24N4/c1-15(2)17-6-4-16(5-7-17)14-21-10-12-22(13-11-21)18-19-8-3-9-20-18/h3-9,15H,10-14H2,1-2H3. The van der Waals surface area contributed by atoms with Gasteiger partial charge in [0.25, 0.3) is 0 Å². The van der Waals surface area contributed by atoms with Gasteiger partial charge in [-0.15, -0.1) is 0 Å². The molecule has 1 aliphatic heterocycles. The molecule has 1 aromatic carbocycles. The molecule has 2 aromatic rings. The average Bonchev–Trinajstić information content (AvgIpc) is 2.57. The van der Waals surface area contributed by atoms with E-state index in [1.54, 1.807) is 0 Å². The lowest BCUT2D eigenvalue weighted by molar-refractivity contribution is 0.248. The van der Waals surface area contributed by atoms with Crippen molar-refractivity contribution in [3.05, 3.63) is 53.9 Å². The van der Waals surface area contributed by atoms with E-state index in [0.717, 1.165) is 38.7 Å². The first-order chi connectivity index (χ1) is 10.7. The van der Waals surface area contributed by atoms with Gasteiger partial charge in [-0.25, -0.2) is 9.97 Å². The minimum atomic E-state index is 0.600. The molecule has 3 rings (SSSR count). The number of benzene rings is 1. The Morgan fingerprint density at radius 1 is 0.955 bits per heavy atom. The van der Waals surface area contributed by atoms with E-state index in [0.29, 0.717) is 5.92 Å². The minimum Gasteiger partial charge on any atom is -0.338 e. The smallest absolute Gasteiger partial charge is 0.225 e. The normalized spacial score (nSPS) is 16.2. The average molecular weight is 296 g/mol. The molecule has 0 saturated carbocycles. The van der Waals surface area contributed by atoms with Gasteiger partial charge in [-0.3, -0.25) is 4.90 Å². The fourth-order valence-corrected chi connectivity index (χ4v) is 2.83. The maximum Gasteiger partial charge on any atom is 0.225 e. The molecule has 2 heterocycles. The number of nitrogens with zero attached hydrogens (tertiary/aromatic N) is 4. The van der Waals surface area contributed by atoms with Gasteiger partial charge in [0, 0.05) is 45.1 Å². The molecule has 0 radical (unpaired) electrons. The van der Waals surface area contributed by atoms with Gasteiger partial charge in [0.05, 0.1) is 0 Å². The second kappa shape index (κ2) is 6.88. The fraction of sp³-hybridized carbons (Fsp3) is 0.444. The van der Waals surface area contributed by atoms with Crippen molar-refractivity contribution in [2.24, 2.45) is 0 Å². The minimum absolute atomic E-state index is 0.600. The maximum absolute atomic E-state index is 4.33. The second-order valence-corrected chi connectivity index (χ2v) is 6.21. The molecule has 0 spiro atoms. The van der Waals surface area contributed by atoms with Gasteiger partial charge in [-0.2, -0.15) is 0 Å². The van der Waals surface area contributed by atoms with Crippen LogP contribution in [0, 0.1) is 0 Å². The Morgan fingerprint density at radius 2 is 1.59 bits per heavy atom. The van der Waals surface area contributed by atoms with Crippen LogP contribution in [0.1, 0.15) is 30.9 Å². The Hall–Kier alpha value is -1.94. The summed E-state index contributed by atoms with van der Waals surface area (Å²) in [5.74, 6) is 1.45. The van der Waals surface area contributed by atoms with Gasteiger partial charge >= 0.3 is 0 Å². The van der Waals surface area contributed by atoms with Crippen molar-refractivity contribution in [3.63, 3.8) is 0 Å². The molecule has 1 aromatic heterocycles. The molecular formula is C18H24N4. The molecule has 0 N–H and O–H groups in total. The maximum atomic E-state index is 4.33. The lowest BCUT2D eigenvalue weighted by atomic mass is 10.0. The van der Waals surface area contributed by atoms with Crippen LogP contribution in [-0.4, -0.2) is 41.0 Å². The summed E-state index contributed by atoms with van der Waals surface area (Å²) < 4.78 is 0. The van der Waals surface area contributed by atoms with Gasteiger partial charge in [-0.05, 0) is 23.1 Å². The van der Waals surface area contributed by atoms with E-state index in [-0.39, 0.29) is 0 Å². The number of anilines is 1. The third-order valence-electron chi connectivity index (χ3n) is 4.26. The first-order valence-corrected chi connectivity index (χ1v) is 8.05. The summed E-state index contributed by atoms with van der Waals surface area (Å²) in [6, 6.07) is 10.9. The van der Waals surface area contributed by atoms with E-state index in [4.69, 9.17) is 0 Å². The lowest BCUT2D eigenvalue weighted by Crippen LogP contribution is -2.46. The van der Waals surface area contributed by atoms with Crippen molar-refractivity contribution in [1.82, 2.24) is 14.9 Å². The molecule has 1 aliphatic rings. The zero-order chi connectivity index (χ0) is 15.4. The molecule has 1 fully saturated rings. The highest BCUT2D eigenvalue weighted by Crippen LogP contribution is 2.17. The summed E-state index contributed by atoms with van der Waals surface area (Å²) in [5, 5.41) is 0. The molecule has 0 amide bonds. The number of rotatable bonds is 4.